The van der Waals surface area contributed by atoms with Crippen molar-refractivity contribution in [1.29, 1.82) is 0 Å². The van der Waals surface area contributed by atoms with Crippen LogP contribution >= 0.6 is 0 Å². The average molecular weight is 452 g/mol. The van der Waals surface area contributed by atoms with Crippen molar-refractivity contribution in [2.45, 2.75) is 38.8 Å². The van der Waals surface area contributed by atoms with Gasteiger partial charge in [0.05, 0.1) is 24.8 Å². The van der Waals surface area contributed by atoms with Crippen LogP contribution in [-0.4, -0.2) is 54.7 Å². The van der Waals surface area contributed by atoms with Crippen LogP contribution in [0.15, 0.2) is 48.0 Å². The molecule has 2 aromatic carbocycles. The van der Waals surface area contributed by atoms with Crippen molar-refractivity contribution in [3.8, 4) is 11.5 Å². The second-order valence-electron chi connectivity index (χ2n) is 8.36. The second kappa shape index (κ2) is 9.67. The molecule has 0 aliphatic carbocycles. The lowest BCUT2D eigenvalue weighted by atomic mass is 9.94. The average Bonchev–Trinajstić information content (AvgIpc) is 3.31. The number of Topliss-reactive ketones (excluding diaryl/α,β-unsaturated/α-hetero) is 1. The number of carbonyl (C=O) groups is 2. The van der Waals surface area contributed by atoms with Gasteiger partial charge in [-0.05, 0) is 54.8 Å². The molecule has 0 radical (unpaired) electrons. The summed E-state index contributed by atoms with van der Waals surface area (Å²) in [5.74, 6) is -0.136. The number of nitrogens with zero attached hydrogens (tertiary/aromatic N) is 1. The van der Waals surface area contributed by atoms with Crippen molar-refractivity contribution < 1.29 is 28.9 Å². The fraction of sp³-hybridized carbons (Fsp3) is 0.385. The molecule has 0 bridgehead atoms. The number of benzene rings is 2. The van der Waals surface area contributed by atoms with E-state index in [1.807, 2.05) is 44.2 Å². The number of ketones is 1. The zero-order valence-corrected chi connectivity index (χ0v) is 19.2. The van der Waals surface area contributed by atoms with Crippen LogP contribution in [0.25, 0.3) is 5.76 Å². The summed E-state index contributed by atoms with van der Waals surface area (Å²) in [5.41, 5.74) is 2.21. The van der Waals surface area contributed by atoms with Crippen LogP contribution in [0.4, 0.5) is 0 Å². The normalized spacial score (nSPS) is 21.2. The number of amides is 1. The van der Waals surface area contributed by atoms with Crippen LogP contribution in [0.1, 0.15) is 43.0 Å². The molecule has 0 unspecified atom stereocenters. The molecular weight excluding hydrogens is 422 g/mol. The number of methoxy groups -OCH3 is 1. The van der Waals surface area contributed by atoms with Crippen molar-refractivity contribution in [1.82, 2.24) is 4.90 Å². The first kappa shape index (κ1) is 22.9. The zero-order valence-electron chi connectivity index (χ0n) is 19.2. The van der Waals surface area contributed by atoms with Gasteiger partial charge >= 0.3 is 0 Å². The summed E-state index contributed by atoms with van der Waals surface area (Å²) in [6, 6.07) is 11.9. The first-order valence-corrected chi connectivity index (χ1v) is 11.2. The molecule has 1 saturated heterocycles. The van der Waals surface area contributed by atoms with Crippen LogP contribution in [-0.2, 0) is 20.7 Å². The van der Waals surface area contributed by atoms with Gasteiger partial charge < -0.3 is 24.2 Å². The molecule has 4 rings (SSSR count). The minimum Gasteiger partial charge on any atom is -0.507 e. The van der Waals surface area contributed by atoms with Crippen molar-refractivity contribution in [3.63, 3.8) is 0 Å². The van der Waals surface area contributed by atoms with Gasteiger partial charge in [-0.1, -0.05) is 19.1 Å². The molecule has 7 nitrogen and oxygen atoms in total. The van der Waals surface area contributed by atoms with E-state index in [4.69, 9.17) is 14.2 Å². The summed E-state index contributed by atoms with van der Waals surface area (Å²) >= 11 is 0. The lowest BCUT2D eigenvalue weighted by Crippen LogP contribution is -2.32. The van der Waals surface area contributed by atoms with Gasteiger partial charge in [-0.2, -0.15) is 0 Å². The van der Waals surface area contributed by atoms with Crippen LogP contribution in [0.5, 0.6) is 11.5 Å². The molecule has 1 fully saturated rings. The van der Waals surface area contributed by atoms with Gasteiger partial charge in [0.1, 0.15) is 23.4 Å². The summed E-state index contributed by atoms with van der Waals surface area (Å²) in [4.78, 5) is 27.5. The maximum atomic E-state index is 13.1. The Hall–Kier alpha value is -3.32. The molecule has 0 aromatic heterocycles. The molecule has 7 heteroatoms. The van der Waals surface area contributed by atoms with Crippen LogP contribution in [0.2, 0.25) is 0 Å². The highest BCUT2D eigenvalue weighted by molar-refractivity contribution is 6.46. The highest BCUT2D eigenvalue weighted by atomic mass is 16.5. The molecule has 2 heterocycles. The maximum Gasteiger partial charge on any atom is 0.295 e. The molecule has 2 atom stereocenters. The third-order valence-electron chi connectivity index (χ3n) is 5.89. The van der Waals surface area contributed by atoms with E-state index in [-0.39, 0.29) is 30.6 Å². The van der Waals surface area contributed by atoms with E-state index in [1.165, 1.54) is 4.90 Å². The van der Waals surface area contributed by atoms with Gasteiger partial charge in [0.2, 0.25) is 0 Å². The third-order valence-corrected chi connectivity index (χ3v) is 5.89. The Balaban J connectivity index is 1.80. The number of ether oxygens (including phenoxy) is 3. The molecule has 0 spiro atoms. The minimum atomic E-state index is -0.742. The summed E-state index contributed by atoms with van der Waals surface area (Å²) in [6.07, 6.45) is 1.64. The highest BCUT2D eigenvalue weighted by Crippen LogP contribution is 2.41. The molecule has 1 N–H and O–H groups in total. The van der Waals surface area contributed by atoms with E-state index in [9.17, 15) is 14.7 Å². The van der Waals surface area contributed by atoms with E-state index < -0.39 is 17.7 Å². The Morgan fingerprint density at radius 3 is 2.76 bits per heavy atom. The number of aliphatic hydroxyl groups is 1. The number of hydrogen-bond acceptors (Lipinski definition) is 6. The first-order valence-electron chi connectivity index (χ1n) is 11.2. The van der Waals surface area contributed by atoms with Crippen LogP contribution < -0.4 is 9.47 Å². The van der Waals surface area contributed by atoms with E-state index in [1.54, 1.807) is 19.2 Å². The maximum absolute atomic E-state index is 13.1. The van der Waals surface area contributed by atoms with Crippen molar-refractivity contribution in [2.75, 3.05) is 26.9 Å². The molecule has 1 amide bonds. The quantitative estimate of drug-likeness (QED) is 0.373. The molecule has 0 saturated carbocycles. The lowest BCUT2D eigenvalue weighted by molar-refractivity contribution is -0.140. The minimum absolute atomic E-state index is 0.0582. The number of hydrogen-bond donors (Lipinski definition) is 1. The molecule has 2 aromatic rings. The topological polar surface area (TPSA) is 85.3 Å². The van der Waals surface area contributed by atoms with Gasteiger partial charge in [-0.15, -0.1) is 0 Å². The third kappa shape index (κ3) is 4.46. The summed E-state index contributed by atoms with van der Waals surface area (Å²) in [7, 11) is 1.54. The molecular formula is C26H29NO6. The van der Waals surface area contributed by atoms with E-state index in [2.05, 4.69) is 0 Å². The molecule has 33 heavy (non-hydrogen) atoms. The Morgan fingerprint density at radius 1 is 1.18 bits per heavy atom. The Kier molecular flexibility index (Phi) is 6.70. The number of aliphatic hydroxyl groups excluding tert-OH is 1. The van der Waals surface area contributed by atoms with Gasteiger partial charge in [-0.3, -0.25) is 9.59 Å². The van der Waals surface area contributed by atoms with Gasteiger partial charge in [0.25, 0.3) is 11.7 Å². The monoisotopic (exact) mass is 451 g/mol. The molecule has 2 aliphatic rings. The van der Waals surface area contributed by atoms with E-state index in [0.29, 0.717) is 23.5 Å². The predicted molar refractivity (Wildman–Crippen MR) is 123 cm³/mol. The van der Waals surface area contributed by atoms with Crippen molar-refractivity contribution in [2.24, 2.45) is 0 Å². The van der Waals surface area contributed by atoms with Gasteiger partial charge in [0, 0.05) is 25.6 Å². The first-order chi connectivity index (χ1) is 15.9. The molecule has 2 aliphatic heterocycles. The van der Waals surface area contributed by atoms with Crippen molar-refractivity contribution in [3.05, 3.63) is 64.7 Å². The van der Waals surface area contributed by atoms with E-state index in [0.717, 1.165) is 24.2 Å². The van der Waals surface area contributed by atoms with Gasteiger partial charge in [-0.25, -0.2) is 0 Å². The molecule has 174 valence electrons. The highest BCUT2D eigenvalue weighted by Gasteiger charge is 2.46. The fourth-order valence-corrected chi connectivity index (χ4v) is 4.37. The summed E-state index contributed by atoms with van der Waals surface area (Å²) in [5, 5.41) is 11.3. The number of rotatable bonds is 8. The lowest BCUT2D eigenvalue weighted by Gasteiger charge is -2.25. The Morgan fingerprint density at radius 2 is 2.00 bits per heavy atom. The summed E-state index contributed by atoms with van der Waals surface area (Å²) < 4.78 is 16.7. The van der Waals surface area contributed by atoms with Gasteiger partial charge in [0.15, 0.2) is 0 Å². The van der Waals surface area contributed by atoms with E-state index >= 15 is 0 Å². The zero-order chi connectivity index (χ0) is 23.5. The van der Waals surface area contributed by atoms with Crippen LogP contribution in [0.3, 0.4) is 0 Å². The SMILES string of the molecule is CCCOc1cccc([C@H]2C(=C(O)c3ccc4c(c3)C[C@@H](C)O4)C(=O)C(=O)N2CCOC)c1. The fourth-order valence-electron chi connectivity index (χ4n) is 4.37. The smallest absolute Gasteiger partial charge is 0.295 e. The largest absolute Gasteiger partial charge is 0.507 e. The standard InChI is InChI=1S/C26H29NO6/c1-4-11-32-20-7-5-6-17(15-20)23-22(25(29)26(30)27(23)10-12-31-3)24(28)18-8-9-21-19(14-18)13-16(2)33-21/h5-9,14-16,23,28H,4,10-13H2,1-3H3/t16-,23+/m1/s1. The summed E-state index contributed by atoms with van der Waals surface area (Å²) in [6.45, 7) is 5.05. The van der Waals surface area contributed by atoms with Crippen LogP contribution in [0, 0.1) is 0 Å². The number of likely N-dealkylation sites (tertiary alicyclic amines) is 1. The Labute approximate surface area is 193 Å². The predicted octanol–water partition coefficient (Wildman–Crippen LogP) is 3.87. The second-order valence-corrected chi connectivity index (χ2v) is 8.36. The number of carbonyl (C=O) groups excluding carboxylic acids is 2. The van der Waals surface area contributed by atoms with Crippen molar-refractivity contribution >= 4 is 17.4 Å². The number of fused-ring (bicyclic) bond motifs is 1. The Bertz CT molecular complexity index is 1090.